The molecule has 2 N–H and O–H groups in total. The molecule has 1 aromatic heterocycles. The van der Waals surface area contributed by atoms with E-state index < -0.39 is 0 Å². The SMILES string of the molecule is O=CNc1cc(Br)cc2c1[nH]c(=O)c1ccccc12. The Morgan fingerprint density at radius 2 is 1.84 bits per heavy atom. The largest absolute Gasteiger partial charge is 0.327 e. The summed E-state index contributed by atoms with van der Waals surface area (Å²) >= 11 is 3.41. The van der Waals surface area contributed by atoms with Crippen molar-refractivity contribution in [3.05, 3.63) is 51.2 Å². The molecule has 94 valence electrons. The van der Waals surface area contributed by atoms with Crippen LogP contribution in [0.4, 0.5) is 5.69 Å². The van der Waals surface area contributed by atoms with Gasteiger partial charge in [0.1, 0.15) is 0 Å². The van der Waals surface area contributed by atoms with E-state index in [0.29, 0.717) is 23.0 Å². The van der Waals surface area contributed by atoms with Crippen LogP contribution < -0.4 is 10.9 Å². The van der Waals surface area contributed by atoms with Gasteiger partial charge < -0.3 is 10.3 Å². The number of carbonyl (C=O) groups excluding carboxylic acids is 1. The quantitative estimate of drug-likeness (QED) is 0.564. The maximum absolute atomic E-state index is 12.1. The van der Waals surface area contributed by atoms with Crippen molar-refractivity contribution < 1.29 is 4.79 Å². The molecular formula is C14H9BrN2O2. The number of hydrogen-bond acceptors (Lipinski definition) is 2. The molecule has 0 spiro atoms. The number of aromatic amines is 1. The van der Waals surface area contributed by atoms with Gasteiger partial charge in [-0.25, -0.2) is 0 Å². The summed E-state index contributed by atoms with van der Waals surface area (Å²) in [5.74, 6) is 0. The van der Waals surface area contributed by atoms with E-state index >= 15 is 0 Å². The monoisotopic (exact) mass is 316 g/mol. The van der Waals surface area contributed by atoms with Crippen molar-refractivity contribution in [2.75, 3.05) is 5.32 Å². The van der Waals surface area contributed by atoms with Gasteiger partial charge in [-0.3, -0.25) is 9.59 Å². The highest BCUT2D eigenvalue weighted by Gasteiger charge is 2.09. The zero-order valence-electron chi connectivity index (χ0n) is 9.74. The molecule has 1 amide bonds. The van der Waals surface area contributed by atoms with Gasteiger partial charge in [-0.15, -0.1) is 0 Å². The maximum atomic E-state index is 12.1. The minimum atomic E-state index is -0.167. The number of rotatable bonds is 2. The second-order valence-corrected chi connectivity index (χ2v) is 5.05. The number of aromatic nitrogens is 1. The average Bonchev–Trinajstić information content (AvgIpc) is 2.41. The standard InChI is InChI=1S/C14H9BrN2O2/c15-8-5-11-9-3-1-2-4-10(9)14(19)17-13(11)12(6-8)16-7-18/h1-7H,(H,16,18)(H,17,19). The van der Waals surface area contributed by atoms with Crippen molar-refractivity contribution in [3.8, 4) is 0 Å². The van der Waals surface area contributed by atoms with Crippen molar-refractivity contribution >= 4 is 49.7 Å². The van der Waals surface area contributed by atoms with Crippen LogP contribution >= 0.6 is 15.9 Å². The fraction of sp³-hybridized carbons (Fsp3) is 0. The van der Waals surface area contributed by atoms with Crippen molar-refractivity contribution in [1.82, 2.24) is 4.98 Å². The third-order valence-electron chi connectivity index (χ3n) is 3.02. The Morgan fingerprint density at radius 1 is 1.11 bits per heavy atom. The normalized spacial score (nSPS) is 10.8. The first-order valence-electron chi connectivity index (χ1n) is 5.65. The third kappa shape index (κ3) is 1.92. The molecule has 0 bridgehead atoms. The molecule has 0 unspecified atom stereocenters. The molecule has 3 rings (SSSR count). The van der Waals surface area contributed by atoms with Crippen LogP contribution in [0.15, 0.2) is 45.7 Å². The molecule has 1 heterocycles. The summed E-state index contributed by atoms with van der Waals surface area (Å²) < 4.78 is 0.835. The first-order chi connectivity index (χ1) is 9.20. The Morgan fingerprint density at radius 3 is 2.58 bits per heavy atom. The summed E-state index contributed by atoms with van der Waals surface area (Å²) in [6.07, 6.45) is 0.592. The Hall–Kier alpha value is -2.14. The van der Waals surface area contributed by atoms with Gasteiger partial charge in [-0.2, -0.15) is 0 Å². The number of carbonyl (C=O) groups is 1. The van der Waals surface area contributed by atoms with Crippen LogP contribution in [0, 0.1) is 0 Å². The first kappa shape index (κ1) is 11.9. The summed E-state index contributed by atoms with van der Waals surface area (Å²) in [6.45, 7) is 0. The summed E-state index contributed by atoms with van der Waals surface area (Å²) in [5, 5.41) is 4.97. The summed E-state index contributed by atoms with van der Waals surface area (Å²) in [6, 6.07) is 11.1. The van der Waals surface area contributed by atoms with E-state index in [-0.39, 0.29) is 5.56 Å². The van der Waals surface area contributed by atoms with Crippen LogP contribution in [0.3, 0.4) is 0 Å². The number of benzene rings is 2. The predicted octanol–water partition coefficient (Wildman–Crippen LogP) is 3.01. The number of amides is 1. The molecule has 3 aromatic rings. The molecule has 0 aliphatic heterocycles. The smallest absolute Gasteiger partial charge is 0.256 e. The number of halogens is 1. The van der Waals surface area contributed by atoms with Gasteiger partial charge in [0.15, 0.2) is 0 Å². The van der Waals surface area contributed by atoms with Crippen molar-refractivity contribution in [2.24, 2.45) is 0 Å². The number of fused-ring (bicyclic) bond motifs is 3. The van der Waals surface area contributed by atoms with E-state index in [9.17, 15) is 9.59 Å². The lowest BCUT2D eigenvalue weighted by atomic mass is 10.1. The van der Waals surface area contributed by atoms with Gasteiger partial charge in [-0.1, -0.05) is 34.1 Å². The average molecular weight is 317 g/mol. The fourth-order valence-electron chi connectivity index (χ4n) is 2.23. The van der Waals surface area contributed by atoms with Crippen molar-refractivity contribution in [2.45, 2.75) is 0 Å². The third-order valence-corrected chi connectivity index (χ3v) is 3.48. The van der Waals surface area contributed by atoms with Crippen LogP contribution in [0.5, 0.6) is 0 Å². The van der Waals surface area contributed by atoms with Gasteiger partial charge in [0.25, 0.3) is 5.56 Å². The van der Waals surface area contributed by atoms with Gasteiger partial charge >= 0.3 is 0 Å². The van der Waals surface area contributed by atoms with E-state index in [1.54, 1.807) is 12.1 Å². The molecule has 0 saturated heterocycles. The Kier molecular flexibility index (Phi) is 2.83. The number of anilines is 1. The van der Waals surface area contributed by atoms with E-state index in [0.717, 1.165) is 15.2 Å². The Bertz CT molecular complexity index is 855. The van der Waals surface area contributed by atoms with Crippen molar-refractivity contribution in [3.63, 3.8) is 0 Å². The summed E-state index contributed by atoms with van der Waals surface area (Å²) in [5.41, 5.74) is 1.03. The van der Waals surface area contributed by atoms with E-state index in [1.807, 2.05) is 24.3 Å². The van der Waals surface area contributed by atoms with Crippen LogP contribution in [0.2, 0.25) is 0 Å². The Labute approximate surface area is 116 Å². The molecule has 0 fully saturated rings. The molecule has 0 aliphatic carbocycles. The van der Waals surface area contributed by atoms with E-state index in [2.05, 4.69) is 26.2 Å². The molecule has 0 atom stereocenters. The molecule has 4 nitrogen and oxygen atoms in total. The van der Waals surface area contributed by atoms with Crippen LogP contribution in [0.25, 0.3) is 21.7 Å². The lowest BCUT2D eigenvalue weighted by Crippen LogP contribution is -2.08. The lowest BCUT2D eigenvalue weighted by Gasteiger charge is -2.08. The fourth-order valence-corrected chi connectivity index (χ4v) is 2.69. The van der Waals surface area contributed by atoms with Gasteiger partial charge in [0.05, 0.1) is 11.2 Å². The van der Waals surface area contributed by atoms with Crippen LogP contribution in [-0.4, -0.2) is 11.4 Å². The topological polar surface area (TPSA) is 62.0 Å². The molecule has 0 saturated carbocycles. The molecule has 0 aliphatic rings. The molecule has 2 aromatic carbocycles. The highest BCUT2D eigenvalue weighted by Crippen LogP contribution is 2.30. The maximum Gasteiger partial charge on any atom is 0.256 e. The molecule has 5 heteroatoms. The highest BCUT2D eigenvalue weighted by molar-refractivity contribution is 9.10. The second kappa shape index (κ2) is 4.51. The van der Waals surface area contributed by atoms with Crippen LogP contribution in [-0.2, 0) is 4.79 Å². The van der Waals surface area contributed by atoms with Gasteiger partial charge in [0.2, 0.25) is 6.41 Å². The number of pyridine rings is 1. The zero-order chi connectivity index (χ0) is 13.4. The summed E-state index contributed by atoms with van der Waals surface area (Å²) in [4.78, 5) is 25.5. The van der Waals surface area contributed by atoms with Crippen molar-refractivity contribution in [1.29, 1.82) is 0 Å². The Balaban J connectivity index is 2.56. The van der Waals surface area contributed by atoms with E-state index in [4.69, 9.17) is 0 Å². The van der Waals surface area contributed by atoms with Crippen LogP contribution in [0.1, 0.15) is 0 Å². The molecule has 0 radical (unpaired) electrons. The second-order valence-electron chi connectivity index (χ2n) is 4.14. The van der Waals surface area contributed by atoms with E-state index in [1.165, 1.54) is 0 Å². The predicted molar refractivity (Wildman–Crippen MR) is 79.5 cm³/mol. The zero-order valence-corrected chi connectivity index (χ0v) is 11.3. The number of hydrogen-bond donors (Lipinski definition) is 2. The molecule has 19 heavy (non-hydrogen) atoms. The summed E-state index contributed by atoms with van der Waals surface area (Å²) in [7, 11) is 0. The first-order valence-corrected chi connectivity index (χ1v) is 6.44. The van der Waals surface area contributed by atoms with Gasteiger partial charge in [-0.05, 0) is 23.6 Å². The lowest BCUT2D eigenvalue weighted by molar-refractivity contribution is -0.105. The number of nitrogens with one attached hydrogen (secondary N) is 2. The van der Waals surface area contributed by atoms with Gasteiger partial charge in [0, 0.05) is 15.2 Å². The minimum Gasteiger partial charge on any atom is -0.327 e. The highest BCUT2D eigenvalue weighted by atomic mass is 79.9. The minimum absolute atomic E-state index is 0.167. The number of H-pyrrole nitrogens is 1. The molecular weight excluding hydrogens is 308 g/mol.